The smallest absolute Gasteiger partial charge is 0.0437 e. The lowest BCUT2D eigenvalue weighted by atomic mass is 10.1. The first-order valence-corrected chi connectivity index (χ1v) is 7.52. The second-order valence-electron chi connectivity index (χ2n) is 4.33. The molecule has 0 unspecified atom stereocenters. The van der Waals surface area contributed by atoms with Gasteiger partial charge in [0, 0.05) is 13.2 Å². The van der Waals surface area contributed by atoms with Crippen molar-refractivity contribution in [1.82, 2.24) is 0 Å². The predicted octanol–water partition coefficient (Wildman–Crippen LogP) is 5.75. The van der Waals surface area contributed by atoms with Crippen LogP contribution in [0.2, 0.25) is 0 Å². The van der Waals surface area contributed by atoms with Crippen molar-refractivity contribution < 1.29 is 4.74 Å². The van der Waals surface area contributed by atoms with Gasteiger partial charge < -0.3 is 4.74 Å². The van der Waals surface area contributed by atoms with Gasteiger partial charge in [-0.1, -0.05) is 57.9 Å². The molecule has 0 spiro atoms. The van der Waals surface area contributed by atoms with Gasteiger partial charge in [0.25, 0.3) is 0 Å². The first-order valence-electron chi connectivity index (χ1n) is 7.52. The number of unbranched alkanes of at least 4 members (excludes halogenated alkanes) is 8. The number of ether oxygens (including phenoxy) is 1. The lowest BCUT2D eigenvalue weighted by Crippen LogP contribution is -1.84. The SMILES string of the molecule is C=CCCCCCCCCCC.CCOCC. The van der Waals surface area contributed by atoms with Crippen molar-refractivity contribution in [2.45, 2.75) is 78.6 Å². The summed E-state index contributed by atoms with van der Waals surface area (Å²) < 4.78 is 4.83. The van der Waals surface area contributed by atoms with Crippen LogP contribution in [0, 0.1) is 0 Å². The number of allylic oxidation sites excluding steroid dienone is 1. The Kier molecular flexibility index (Phi) is 23.6. The Hall–Kier alpha value is -0.300. The Bertz CT molecular complexity index is 119. The van der Waals surface area contributed by atoms with E-state index in [0.717, 1.165) is 13.2 Å². The van der Waals surface area contributed by atoms with Crippen molar-refractivity contribution in [2.24, 2.45) is 0 Å². The van der Waals surface area contributed by atoms with Crippen molar-refractivity contribution in [3.8, 4) is 0 Å². The molecule has 0 aliphatic carbocycles. The van der Waals surface area contributed by atoms with E-state index in [0.29, 0.717) is 0 Å². The van der Waals surface area contributed by atoms with Crippen LogP contribution in [0.1, 0.15) is 78.6 Å². The molecular weight excluding hydrogens is 208 g/mol. The lowest BCUT2D eigenvalue weighted by Gasteiger charge is -1.99. The van der Waals surface area contributed by atoms with E-state index in [1.165, 1.54) is 57.8 Å². The van der Waals surface area contributed by atoms with E-state index in [4.69, 9.17) is 4.74 Å². The Morgan fingerprint density at radius 3 is 1.59 bits per heavy atom. The summed E-state index contributed by atoms with van der Waals surface area (Å²) in [5.41, 5.74) is 0. The zero-order valence-corrected chi connectivity index (χ0v) is 12.5. The van der Waals surface area contributed by atoms with Gasteiger partial charge >= 0.3 is 0 Å². The van der Waals surface area contributed by atoms with Gasteiger partial charge in [-0.15, -0.1) is 6.58 Å². The van der Waals surface area contributed by atoms with Crippen LogP contribution in [0.15, 0.2) is 12.7 Å². The quantitative estimate of drug-likeness (QED) is 0.331. The van der Waals surface area contributed by atoms with Crippen molar-refractivity contribution in [1.29, 1.82) is 0 Å². The fourth-order valence-electron chi connectivity index (χ4n) is 1.63. The molecule has 0 fully saturated rings. The van der Waals surface area contributed by atoms with Crippen molar-refractivity contribution in [3.63, 3.8) is 0 Å². The molecule has 0 rings (SSSR count). The van der Waals surface area contributed by atoms with E-state index in [1.54, 1.807) is 0 Å². The third-order valence-corrected chi connectivity index (χ3v) is 2.67. The standard InChI is InChI=1S/C12H24.C4H10O/c1-3-5-7-9-11-12-10-8-6-4-2;1-3-5-4-2/h3H,1,4-12H2,2H3;3-4H2,1-2H3. The van der Waals surface area contributed by atoms with E-state index < -0.39 is 0 Å². The minimum Gasteiger partial charge on any atom is -0.382 e. The lowest BCUT2D eigenvalue weighted by molar-refractivity contribution is 0.162. The molecule has 0 aliphatic rings. The summed E-state index contributed by atoms with van der Waals surface area (Å²) >= 11 is 0. The normalized spacial score (nSPS) is 9.59. The van der Waals surface area contributed by atoms with E-state index in [-0.39, 0.29) is 0 Å². The maximum Gasteiger partial charge on any atom is 0.0437 e. The van der Waals surface area contributed by atoms with Crippen LogP contribution in [0.25, 0.3) is 0 Å². The summed E-state index contributed by atoms with van der Waals surface area (Å²) in [4.78, 5) is 0. The number of hydrogen-bond acceptors (Lipinski definition) is 1. The highest BCUT2D eigenvalue weighted by atomic mass is 16.5. The number of rotatable bonds is 11. The molecule has 0 N–H and O–H groups in total. The van der Waals surface area contributed by atoms with Crippen molar-refractivity contribution in [3.05, 3.63) is 12.7 Å². The topological polar surface area (TPSA) is 9.23 Å². The second-order valence-corrected chi connectivity index (χ2v) is 4.33. The third-order valence-electron chi connectivity index (χ3n) is 2.67. The van der Waals surface area contributed by atoms with E-state index in [9.17, 15) is 0 Å². The summed E-state index contributed by atoms with van der Waals surface area (Å²) in [6.45, 7) is 11.7. The van der Waals surface area contributed by atoms with Crippen LogP contribution in [0.3, 0.4) is 0 Å². The molecule has 0 radical (unpaired) electrons. The summed E-state index contributed by atoms with van der Waals surface area (Å²) in [6.07, 6.45) is 14.5. The molecule has 1 heteroatoms. The van der Waals surface area contributed by atoms with Gasteiger partial charge in [0.05, 0.1) is 0 Å². The predicted molar refractivity (Wildman–Crippen MR) is 79.6 cm³/mol. The van der Waals surface area contributed by atoms with E-state index in [2.05, 4.69) is 13.5 Å². The summed E-state index contributed by atoms with van der Waals surface area (Å²) in [5, 5.41) is 0. The Morgan fingerprint density at radius 1 is 0.765 bits per heavy atom. The third kappa shape index (κ3) is 25.7. The maximum atomic E-state index is 4.83. The average molecular weight is 242 g/mol. The minimum atomic E-state index is 0.844. The van der Waals surface area contributed by atoms with Gasteiger partial charge in [-0.2, -0.15) is 0 Å². The average Bonchev–Trinajstić information content (AvgIpc) is 2.34. The first-order chi connectivity index (χ1) is 8.33. The van der Waals surface area contributed by atoms with Gasteiger partial charge in [0.1, 0.15) is 0 Å². The molecule has 0 atom stereocenters. The molecule has 0 heterocycles. The van der Waals surface area contributed by atoms with Gasteiger partial charge in [-0.05, 0) is 26.7 Å². The molecule has 0 aromatic rings. The highest BCUT2D eigenvalue weighted by Crippen LogP contribution is 2.09. The molecule has 1 nitrogen and oxygen atoms in total. The zero-order chi connectivity index (χ0) is 13.2. The molecule has 0 amide bonds. The van der Waals surface area contributed by atoms with E-state index >= 15 is 0 Å². The van der Waals surface area contributed by atoms with Crippen LogP contribution < -0.4 is 0 Å². The van der Waals surface area contributed by atoms with Gasteiger partial charge in [-0.25, -0.2) is 0 Å². The molecule has 0 aromatic heterocycles. The largest absolute Gasteiger partial charge is 0.382 e. The fourth-order valence-corrected chi connectivity index (χ4v) is 1.63. The van der Waals surface area contributed by atoms with Crippen molar-refractivity contribution >= 4 is 0 Å². The molecule has 0 aromatic carbocycles. The molecular formula is C16H34O. The first kappa shape index (κ1) is 19.0. The van der Waals surface area contributed by atoms with E-state index in [1.807, 2.05) is 19.9 Å². The zero-order valence-electron chi connectivity index (χ0n) is 12.5. The maximum absolute atomic E-state index is 4.83. The summed E-state index contributed by atoms with van der Waals surface area (Å²) in [7, 11) is 0. The minimum absolute atomic E-state index is 0.844. The molecule has 104 valence electrons. The fraction of sp³-hybridized carbons (Fsp3) is 0.875. The molecule has 0 bridgehead atoms. The molecule has 17 heavy (non-hydrogen) atoms. The van der Waals surface area contributed by atoms with Crippen LogP contribution in [-0.4, -0.2) is 13.2 Å². The molecule has 0 saturated carbocycles. The summed E-state index contributed by atoms with van der Waals surface area (Å²) in [6, 6.07) is 0. The van der Waals surface area contributed by atoms with Gasteiger partial charge in [0.2, 0.25) is 0 Å². The Labute approximate surface area is 110 Å². The molecule has 0 saturated heterocycles. The van der Waals surface area contributed by atoms with Crippen molar-refractivity contribution in [2.75, 3.05) is 13.2 Å². The monoisotopic (exact) mass is 242 g/mol. The number of hydrogen-bond donors (Lipinski definition) is 0. The van der Waals surface area contributed by atoms with Crippen LogP contribution >= 0.6 is 0 Å². The van der Waals surface area contributed by atoms with Crippen LogP contribution in [0.5, 0.6) is 0 Å². The Morgan fingerprint density at radius 2 is 1.24 bits per heavy atom. The van der Waals surface area contributed by atoms with Gasteiger partial charge in [0.15, 0.2) is 0 Å². The van der Waals surface area contributed by atoms with Gasteiger partial charge in [-0.3, -0.25) is 0 Å². The molecule has 0 aliphatic heterocycles. The van der Waals surface area contributed by atoms with Crippen LogP contribution in [0.4, 0.5) is 0 Å². The second kappa shape index (κ2) is 21.0. The van der Waals surface area contributed by atoms with Crippen LogP contribution in [-0.2, 0) is 4.74 Å². The highest BCUT2D eigenvalue weighted by Gasteiger charge is 1.89. The summed E-state index contributed by atoms with van der Waals surface area (Å²) in [5.74, 6) is 0. The Balaban J connectivity index is 0. The highest BCUT2D eigenvalue weighted by molar-refractivity contribution is 4.65.